The third-order valence-corrected chi connectivity index (χ3v) is 5.19. The summed E-state index contributed by atoms with van der Waals surface area (Å²) in [6, 6.07) is 0.542. The second-order valence-electron chi connectivity index (χ2n) is 7.53. The summed E-state index contributed by atoms with van der Waals surface area (Å²) < 4.78 is 0. The quantitative estimate of drug-likeness (QED) is 0.503. The molecule has 8 heteroatoms. The number of hydrogen-bond acceptors (Lipinski definition) is 5. The molecular formula is C19H35N5O3. The van der Waals surface area contributed by atoms with E-state index in [1.54, 1.807) is 0 Å². The number of rotatable bonds is 6. The third-order valence-electron chi connectivity index (χ3n) is 5.19. The predicted molar refractivity (Wildman–Crippen MR) is 106 cm³/mol. The Morgan fingerprint density at radius 1 is 1.37 bits per heavy atom. The average Bonchev–Trinajstić information content (AvgIpc) is 2.81. The molecule has 1 saturated heterocycles. The molecule has 2 heterocycles. The molecule has 1 aromatic rings. The fourth-order valence-electron chi connectivity index (χ4n) is 3.59. The number of likely N-dealkylation sites (tertiary alicyclic amines) is 1. The van der Waals surface area contributed by atoms with Crippen LogP contribution in [-0.4, -0.2) is 84.3 Å². The van der Waals surface area contributed by atoms with Gasteiger partial charge in [-0.05, 0) is 66.2 Å². The normalized spacial score (nSPS) is 20.5. The van der Waals surface area contributed by atoms with Crippen molar-refractivity contribution in [3.8, 4) is 0 Å². The Bertz CT molecular complexity index is 568. The molecule has 1 aromatic heterocycles. The molecule has 0 aromatic carbocycles. The van der Waals surface area contributed by atoms with Crippen LogP contribution in [0.5, 0.6) is 0 Å². The topological polar surface area (TPSA) is 102 Å². The van der Waals surface area contributed by atoms with Crippen LogP contribution in [0.3, 0.4) is 0 Å². The maximum absolute atomic E-state index is 12.5. The summed E-state index contributed by atoms with van der Waals surface area (Å²) in [6.45, 7) is 6.46. The molecule has 1 amide bonds. The van der Waals surface area contributed by atoms with Crippen molar-refractivity contribution >= 4 is 12.4 Å². The largest absolute Gasteiger partial charge is 0.483 e. The summed E-state index contributed by atoms with van der Waals surface area (Å²) in [5.41, 5.74) is 3.49. The Hall–Kier alpha value is -1.93. The van der Waals surface area contributed by atoms with E-state index in [0.29, 0.717) is 6.04 Å². The molecule has 8 nitrogen and oxygen atoms in total. The van der Waals surface area contributed by atoms with Crippen molar-refractivity contribution in [2.75, 3.05) is 40.8 Å². The van der Waals surface area contributed by atoms with Crippen LogP contribution in [-0.2, 0) is 16.0 Å². The van der Waals surface area contributed by atoms with E-state index in [0.717, 1.165) is 56.7 Å². The van der Waals surface area contributed by atoms with E-state index < -0.39 is 0 Å². The first-order valence-corrected chi connectivity index (χ1v) is 9.51. The number of H-pyrrole nitrogens is 1. The van der Waals surface area contributed by atoms with E-state index in [-0.39, 0.29) is 18.3 Å². The van der Waals surface area contributed by atoms with Gasteiger partial charge in [0.25, 0.3) is 6.47 Å². The molecule has 1 aliphatic rings. The van der Waals surface area contributed by atoms with Gasteiger partial charge in [-0.1, -0.05) is 0 Å². The lowest BCUT2D eigenvalue weighted by Gasteiger charge is -2.25. The zero-order valence-electron chi connectivity index (χ0n) is 17.3. The zero-order chi connectivity index (χ0) is 20.4. The van der Waals surface area contributed by atoms with E-state index in [4.69, 9.17) is 9.90 Å². The Morgan fingerprint density at radius 2 is 2.04 bits per heavy atom. The van der Waals surface area contributed by atoms with Gasteiger partial charge in [0.1, 0.15) is 0 Å². The van der Waals surface area contributed by atoms with Crippen molar-refractivity contribution in [3.63, 3.8) is 0 Å². The first kappa shape index (κ1) is 23.1. The van der Waals surface area contributed by atoms with E-state index >= 15 is 0 Å². The first-order valence-electron chi connectivity index (χ1n) is 9.51. The molecule has 0 unspecified atom stereocenters. The van der Waals surface area contributed by atoms with Crippen LogP contribution in [0.25, 0.3) is 0 Å². The van der Waals surface area contributed by atoms with Crippen molar-refractivity contribution in [3.05, 3.63) is 17.0 Å². The van der Waals surface area contributed by atoms with E-state index in [1.807, 2.05) is 6.92 Å². The van der Waals surface area contributed by atoms with Crippen molar-refractivity contribution in [2.45, 2.75) is 45.6 Å². The lowest BCUT2D eigenvalue weighted by molar-refractivity contribution is -0.125. The second kappa shape index (κ2) is 11.7. The number of nitrogens with one attached hydrogen (secondary N) is 2. The Kier molecular flexibility index (Phi) is 10.0. The molecule has 0 spiro atoms. The average molecular weight is 382 g/mol. The highest BCUT2D eigenvalue weighted by molar-refractivity contribution is 5.78. The Labute approximate surface area is 162 Å². The smallest absolute Gasteiger partial charge is 0.290 e. The van der Waals surface area contributed by atoms with Crippen molar-refractivity contribution in [1.29, 1.82) is 0 Å². The zero-order valence-corrected chi connectivity index (χ0v) is 17.3. The van der Waals surface area contributed by atoms with Gasteiger partial charge in [-0.25, -0.2) is 0 Å². The molecule has 154 valence electrons. The molecule has 3 N–H and O–H groups in total. The minimum absolute atomic E-state index is 0.109. The molecule has 0 aliphatic carbocycles. The molecule has 0 saturated carbocycles. The number of amides is 1. The summed E-state index contributed by atoms with van der Waals surface area (Å²) in [5, 5.41) is 17.3. The molecule has 0 bridgehead atoms. The fourth-order valence-corrected chi connectivity index (χ4v) is 3.59. The van der Waals surface area contributed by atoms with Gasteiger partial charge < -0.3 is 20.2 Å². The lowest BCUT2D eigenvalue weighted by atomic mass is 10.0. The highest BCUT2D eigenvalue weighted by Gasteiger charge is 2.27. The van der Waals surface area contributed by atoms with E-state index in [1.165, 1.54) is 5.56 Å². The number of carbonyl (C=O) groups is 2. The molecule has 27 heavy (non-hydrogen) atoms. The monoisotopic (exact) mass is 381 g/mol. The van der Waals surface area contributed by atoms with Crippen molar-refractivity contribution < 1.29 is 14.7 Å². The number of hydrogen-bond donors (Lipinski definition) is 3. The van der Waals surface area contributed by atoms with E-state index in [2.05, 4.69) is 53.4 Å². The molecule has 1 aliphatic heterocycles. The van der Waals surface area contributed by atoms with Gasteiger partial charge in [0.05, 0.1) is 11.6 Å². The highest BCUT2D eigenvalue weighted by Crippen LogP contribution is 2.18. The fraction of sp³-hybridized carbons (Fsp3) is 0.737. The third kappa shape index (κ3) is 7.68. The summed E-state index contributed by atoms with van der Waals surface area (Å²) in [7, 11) is 6.37. The number of aromatic nitrogens is 2. The lowest BCUT2D eigenvalue weighted by Crippen LogP contribution is -2.39. The number of carboxylic acid groups (broad SMARTS) is 1. The minimum Gasteiger partial charge on any atom is -0.483 e. The molecular weight excluding hydrogens is 346 g/mol. The molecule has 2 atom stereocenters. The van der Waals surface area contributed by atoms with Crippen LogP contribution < -0.4 is 5.32 Å². The Balaban J connectivity index is 0.00000114. The second-order valence-corrected chi connectivity index (χ2v) is 7.53. The number of aromatic amines is 1. The van der Waals surface area contributed by atoms with Crippen LogP contribution in [0.1, 0.15) is 36.2 Å². The van der Waals surface area contributed by atoms with Crippen LogP contribution in [0, 0.1) is 19.8 Å². The van der Waals surface area contributed by atoms with Gasteiger partial charge >= 0.3 is 0 Å². The number of aryl methyl sites for hydroxylation is 2. The summed E-state index contributed by atoms with van der Waals surface area (Å²) in [6.07, 6.45) is 3.97. The number of carbonyl (C=O) groups excluding carboxylic acids is 1. The van der Waals surface area contributed by atoms with E-state index in [9.17, 15) is 4.79 Å². The van der Waals surface area contributed by atoms with Gasteiger partial charge in [0, 0.05) is 31.4 Å². The minimum atomic E-state index is -0.250. The molecule has 2 rings (SSSR count). The SMILES string of the molecule is Cc1n[nH]c(C)c1CCCNC(=O)[C@@H]1CC[C@H](N(C)C)CN(C)C1.O=CO. The number of nitrogens with zero attached hydrogens (tertiary/aromatic N) is 3. The van der Waals surface area contributed by atoms with Gasteiger partial charge in [0.15, 0.2) is 0 Å². The van der Waals surface area contributed by atoms with Gasteiger partial charge in [-0.2, -0.15) is 5.10 Å². The molecule has 1 fully saturated rings. The Morgan fingerprint density at radius 3 is 2.59 bits per heavy atom. The van der Waals surface area contributed by atoms with Gasteiger partial charge in [0.2, 0.25) is 5.91 Å². The maximum Gasteiger partial charge on any atom is 0.290 e. The van der Waals surface area contributed by atoms with Crippen molar-refractivity contribution in [1.82, 2.24) is 25.3 Å². The first-order chi connectivity index (χ1) is 12.8. The van der Waals surface area contributed by atoms with Crippen LogP contribution in [0.15, 0.2) is 0 Å². The predicted octanol–water partition coefficient (Wildman–Crippen LogP) is 1.05. The maximum atomic E-state index is 12.5. The van der Waals surface area contributed by atoms with Crippen LogP contribution >= 0.6 is 0 Å². The van der Waals surface area contributed by atoms with Crippen LogP contribution in [0.4, 0.5) is 0 Å². The summed E-state index contributed by atoms with van der Waals surface area (Å²) in [4.78, 5) is 25.4. The molecule has 0 radical (unpaired) electrons. The van der Waals surface area contributed by atoms with Crippen molar-refractivity contribution in [2.24, 2.45) is 5.92 Å². The summed E-state index contributed by atoms with van der Waals surface area (Å²) >= 11 is 0. The van der Waals surface area contributed by atoms with Gasteiger partial charge in [-0.3, -0.25) is 14.7 Å². The number of likely N-dealkylation sites (N-methyl/N-ethyl adjacent to an activating group) is 2. The standard InChI is InChI=1S/C18H33N5O.CH2O2/c1-13-17(14(2)21-20-13)7-6-10-19-18(24)15-8-9-16(22(3)4)12-23(5)11-15;2-1-3/h15-16H,6-12H2,1-5H3,(H,19,24)(H,20,21);1H,(H,2,3)/t15-,16+;/m1./s1. The summed E-state index contributed by atoms with van der Waals surface area (Å²) in [5.74, 6) is 0.319. The van der Waals surface area contributed by atoms with Crippen LogP contribution in [0.2, 0.25) is 0 Å². The van der Waals surface area contributed by atoms with Gasteiger partial charge in [-0.15, -0.1) is 0 Å². The highest BCUT2D eigenvalue weighted by atomic mass is 16.3.